The van der Waals surface area contributed by atoms with Gasteiger partial charge >= 0.3 is 0 Å². The van der Waals surface area contributed by atoms with Gasteiger partial charge in [0.1, 0.15) is 0 Å². The highest BCUT2D eigenvalue weighted by molar-refractivity contribution is 5.94. The quantitative estimate of drug-likeness (QED) is 0.365. The Morgan fingerprint density at radius 2 is 1.97 bits per heavy atom. The molecular formula is C26H26F2N6O2. The van der Waals surface area contributed by atoms with Crippen LogP contribution in [0.25, 0.3) is 16.9 Å². The Morgan fingerprint density at radius 3 is 2.72 bits per heavy atom. The SMILES string of the molecule is CCC1NCC(Nc2nccn3c(-c4ccc(OC)c(F)c4F)cnc23)[C@@H]1NC(=O)c1ccccc1. The zero-order chi connectivity index (χ0) is 25.2. The lowest BCUT2D eigenvalue weighted by Crippen LogP contribution is -2.50. The maximum Gasteiger partial charge on any atom is 0.251 e. The molecule has 1 aliphatic heterocycles. The predicted octanol–water partition coefficient (Wildman–Crippen LogP) is 3.64. The molecule has 2 aromatic heterocycles. The van der Waals surface area contributed by atoms with Crippen LogP contribution < -0.4 is 20.7 Å². The lowest BCUT2D eigenvalue weighted by atomic mass is 10.0. The van der Waals surface area contributed by atoms with Crippen LogP contribution in [0.2, 0.25) is 0 Å². The van der Waals surface area contributed by atoms with Crippen LogP contribution in [-0.2, 0) is 0 Å². The molecule has 0 spiro atoms. The highest BCUT2D eigenvalue weighted by Gasteiger charge is 2.36. The summed E-state index contributed by atoms with van der Waals surface area (Å²) in [6.45, 7) is 2.66. The van der Waals surface area contributed by atoms with Gasteiger partial charge in [-0.2, -0.15) is 4.39 Å². The van der Waals surface area contributed by atoms with Crippen LogP contribution >= 0.6 is 0 Å². The van der Waals surface area contributed by atoms with E-state index in [1.165, 1.54) is 25.4 Å². The van der Waals surface area contributed by atoms with Crippen LogP contribution in [0.5, 0.6) is 5.75 Å². The van der Waals surface area contributed by atoms with Gasteiger partial charge < -0.3 is 20.7 Å². The summed E-state index contributed by atoms with van der Waals surface area (Å²) in [5, 5.41) is 10.0. The summed E-state index contributed by atoms with van der Waals surface area (Å²) in [7, 11) is 1.28. The zero-order valence-corrected chi connectivity index (χ0v) is 19.8. The molecule has 3 N–H and O–H groups in total. The number of imidazole rings is 1. The third kappa shape index (κ3) is 4.24. The van der Waals surface area contributed by atoms with Crippen LogP contribution in [-0.4, -0.2) is 52.1 Å². The van der Waals surface area contributed by atoms with Crippen molar-refractivity contribution >= 4 is 17.4 Å². The third-order valence-corrected chi connectivity index (χ3v) is 6.53. The number of hydrogen-bond acceptors (Lipinski definition) is 6. The Balaban J connectivity index is 1.44. The lowest BCUT2D eigenvalue weighted by Gasteiger charge is -2.26. The van der Waals surface area contributed by atoms with Gasteiger partial charge in [0, 0.05) is 36.1 Å². The van der Waals surface area contributed by atoms with Crippen molar-refractivity contribution < 1.29 is 18.3 Å². The molecule has 0 aliphatic carbocycles. The molecule has 8 nitrogen and oxygen atoms in total. The van der Waals surface area contributed by atoms with Crippen molar-refractivity contribution in [2.45, 2.75) is 31.5 Å². The molecule has 3 heterocycles. The minimum Gasteiger partial charge on any atom is -0.494 e. The molecule has 2 unspecified atom stereocenters. The molecule has 5 rings (SSSR count). The summed E-state index contributed by atoms with van der Waals surface area (Å²) < 4.78 is 35.7. The molecule has 0 radical (unpaired) electrons. The Labute approximate surface area is 206 Å². The maximum atomic E-state index is 14.8. The number of carbonyl (C=O) groups is 1. The second kappa shape index (κ2) is 9.90. The third-order valence-electron chi connectivity index (χ3n) is 6.53. The van der Waals surface area contributed by atoms with Gasteiger partial charge in [-0.1, -0.05) is 25.1 Å². The molecule has 3 atom stereocenters. The zero-order valence-electron chi connectivity index (χ0n) is 19.8. The van der Waals surface area contributed by atoms with Crippen molar-refractivity contribution in [2.75, 3.05) is 19.0 Å². The Hall–Kier alpha value is -4.05. The molecule has 10 heteroatoms. The van der Waals surface area contributed by atoms with Crippen LogP contribution in [0, 0.1) is 11.6 Å². The van der Waals surface area contributed by atoms with E-state index in [1.54, 1.807) is 28.9 Å². The average molecular weight is 493 g/mol. The number of amides is 1. The Bertz CT molecular complexity index is 1390. The minimum atomic E-state index is -1.06. The van der Waals surface area contributed by atoms with Gasteiger partial charge in [-0.15, -0.1) is 0 Å². The molecule has 4 aromatic rings. The molecule has 1 amide bonds. The number of benzene rings is 2. The minimum absolute atomic E-state index is 0.0551. The summed E-state index contributed by atoms with van der Waals surface area (Å²) in [5.74, 6) is -1.92. The Kier molecular flexibility index (Phi) is 6.51. The second-order valence-corrected chi connectivity index (χ2v) is 8.60. The molecule has 36 heavy (non-hydrogen) atoms. The number of hydrogen-bond donors (Lipinski definition) is 3. The fourth-order valence-electron chi connectivity index (χ4n) is 4.66. The first-order valence-corrected chi connectivity index (χ1v) is 11.7. The first-order valence-electron chi connectivity index (χ1n) is 11.7. The molecule has 2 aromatic carbocycles. The van der Waals surface area contributed by atoms with Crippen LogP contribution in [0.3, 0.4) is 0 Å². The van der Waals surface area contributed by atoms with Gasteiger partial charge in [0.05, 0.1) is 31.1 Å². The highest BCUT2D eigenvalue weighted by atomic mass is 19.2. The van der Waals surface area contributed by atoms with Crippen molar-refractivity contribution in [2.24, 2.45) is 0 Å². The van der Waals surface area contributed by atoms with Crippen molar-refractivity contribution in [1.82, 2.24) is 25.0 Å². The number of nitrogens with one attached hydrogen (secondary N) is 3. The van der Waals surface area contributed by atoms with Crippen molar-refractivity contribution in [3.63, 3.8) is 0 Å². The van der Waals surface area contributed by atoms with E-state index < -0.39 is 11.6 Å². The Morgan fingerprint density at radius 1 is 1.17 bits per heavy atom. The van der Waals surface area contributed by atoms with Gasteiger partial charge in [0.25, 0.3) is 5.91 Å². The molecule has 1 fully saturated rings. The number of rotatable bonds is 7. The molecule has 186 valence electrons. The fourth-order valence-corrected chi connectivity index (χ4v) is 4.66. The van der Waals surface area contributed by atoms with E-state index >= 15 is 0 Å². The number of methoxy groups -OCH3 is 1. The molecule has 0 bridgehead atoms. The average Bonchev–Trinajstić information content (AvgIpc) is 3.51. The van der Waals surface area contributed by atoms with E-state index in [4.69, 9.17) is 4.74 Å². The number of fused-ring (bicyclic) bond motifs is 1. The first kappa shape index (κ1) is 23.7. The van der Waals surface area contributed by atoms with E-state index in [0.717, 1.165) is 6.42 Å². The molecule has 1 aliphatic rings. The lowest BCUT2D eigenvalue weighted by molar-refractivity contribution is 0.0931. The number of anilines is 1. The summed E-state index contributed by atoms with van der Waals surface area (Å²) in [6, 6.07) is 11.6. The first-order chi connectivity index (χ1) is 17.5. The van der Waals surface area contributed by atoms with Gasteiger partial charge in [0.15, 0.2) is 23.0 Å². The maximum absolute atomic E-state index is 14.8. The van der Waals surface area contributed by atoms with Gasteiger partial charge in [0.2, 0.25) is 5.82 Å². The topological polar surface area (TPSA) is 92.6 Å². The van der Waals surface area contributed by atoms with E-state index in [9.17, 15) is 13.6 Å². The van der Waals surface area contributed by atoms with Crippen molar-refractivity contribution in [1.29, 1.82) is 0 Å². The number of halogens is 2. The predicted molar refractivity (Wildman–Crippen MR) is 132 cm³/mol. The summed E-state index contributed by atoms with van der Waals surface area (Å²) >= 11 is 0. The molecule has 0 saturated carbocycles. The second-order valence-electron chi connectivity index (χ2n) is 8.60. The summed E-state index contributed by atoms with van der Waals surface area (Å²) in [4.78, 5) is 21.7. The normalized spacial score (nSPS) is 19.4. The van der Waals surface area contributed by atoms with E-state index in [1.807, 2.05) is 18.2 Å². The number of nitrogens with zero attached hydrogens (tertiary/aromatic N) is 3. The smallest absolute Gasteiger partial charge is 0.251 e. The van der Waals surface area contributed by atoms with E-state index in [2.05, 4.69) is 32.8 Å². The van der Waals surface area contributed by atoms with Gasteiger partial charge in [-0.05, 0) is 30.7 Å². The van der Waals surface area contributed by atoms with Crippen molar-refractivity contribution in [3.8, 4) is 17.0 Å². The largest absolute Gasteiger partial charge is 0.494 e. The fraction of sp³-hybridized carbons (Fsp3) is 0.269. The number of carbonyl (C=O) groups excluding carboxylic acids is 1. The van der Waals surface area contributed by atoms with E-state index in [0.29, 0.717) is 29.3 Å². The monoisotopic (exact) mass is 492 g/mol. The van der Waals surface area contributed by atoms with E-state index in [-0.39, 0.29) is 35.3 Å². The van der Waals surface area contributed by atoms with Gasteiger partial charge in [-0.3, -0.25) is 9.20 Å². The summed E-state index contributed by atoms with van der Waals surface area (Å²) in [6.07, 6.45) is 5.50. The number of ether oxygens (including phenoxy) is 1. The van der Waals surface area contributed by atoms with Crippen molar-refractivity contribution in [3.05, 3.63) is 78.3 Å². The van der Waals surface area contributed by atoms with Crippen LogP contribution in [0.1, 0.15) is 23.7 Å². The molecular weight excluding hydrogens is 466 g/mol. The van der Waals surface area contributed by atoms with Crippen LogP contribution in [0.15, 0.2) is 61.1 Å². The van der Waals surface area contributed by atoms with Crippen LogP contribution in [0.4, 0.5) is 14.6 Å². The highest BCUT2D eigenvalue weighted by Crippen LogP contribution is 2.31. The summed E-state index contributed by atoms with van der Waals surface area (Å²) in [5.41, 5.74) is 1.47. The molecule has 1 saturated heterocycles. The van der Waals surface area contributed by atoms with Gasteiger partial charge in [-0.25, -0.2) is 14.4 Å². The number of aromatic nitrogens is 3. The standard InChI is InChI=1S/C26H26F2N6O2/c1-3-17-23(33-26(35)15-7-5-4-6-8-15)18(13-30-17)32-24-25-31-14-19(34(25)12-11-29-24)16-9-10-20(36-2)22(28)21(16)27/h4-12,14,17-18,23,30H,3,13H2,1-2H3,(H,29,32)(H,33,35)/t17?,18?,23-/m1/s1.